The van der Waals surface area contributed by atoms with Gasteiger partial charge in [0.1, 0.15) is 22.7 Å². The number of hydrogen-bond acceptors (Lipinski definition) is 6. The van der Waals surface area contributed by atoms with E-state index in [0.29, 0.717) is 12.2 Å². The molecule has 3 aromatic heterocycles. The molecule has 5 aromatic rings. The molecule has 2 N–H and O–H groups in total. The first-order valence-electron chi connectivity index (χ1n) is 12.5. The zero-order chi connectivity index (χ0) is 28.1. The van der Waals surface area contributed by atoms with Gasteiger partial charge in [-0.2, -0.15) is 0 Å². The lowest BCUT2D eigenvalue weighted by atomic mass is 10.1. The summed E-state index contributed by atoms with van der Waals surface area (Å²) in [6.45, 7) is 2.44. The average molecular weight is 538 g/mol. The fourth-order valence-electron chi connectivity index (χ4n) is 4.02. The molecule has 0 aliphatic rings. The molecule has 0 spiro atoms. The molecule has 0 bridgehead atoms. The highest BCUT2D eigenvalue weighted by Crippen LogP contribution is 2.27. The third-order valence-corrected chi connectivity index (χ3v) is 5.96. The number of fused-ring (bicyclic) bond motifs is 1. The monoisotopic (exact) mass is 537 g/mol. The molecule has 0 aliphatic carbocycles. The van der Waals surface area contributed by atoms with Crippen molar-refractivity contribution >= 4 is 28.5 Å². The normalized spacial score (nSPS) is 10.8. The number of hydrogen-bond donors (Lipinski definition) is 2. The van der Waals surface area contributed by atoms with E-state index in [1.54, 1.807) is 22.9 Å². The predicted octanol–water partition coefficient (Wildman–Crippen LogP) is 5.10. The lowest BCUT2D eigenvalue weighted by molar-refractivity contribution is 0.0947. The Kier molecular flexibility index (Phi) is 7.58. The van der Waals surface area contributed by atoms with E-state index in [1.807, 2.05) is 37.3 Å². The minimum atomic E-state index is -0.754. The van der Waals surface area contributed by atoms with Crippen LogP contribution in [0.25, 0.3) is 16.7 Å². The Labute approximate surface area is 228 Å². The lowest BCUT2D eigenvalue weighted by Gasteiger charge is -2.13. The maximum Gasteiger partial charge on any atom is 0.270 e. The molecule has 0 saturated heterocycles. The quantitative estimate of drug-likeness (QED) is 0.285. The van der Waals surface area contributed by atoms with Gasteiger partial charge in [0, 0.05) is 48.6 Å². The molecule has 200 valence electrons. The van der Waals surface area contributed by atoms with Crippen LogP contribution in [-0.2, 0) is 0 Å². The summed E-state index contributed by atoms with van der Waals surface area (Å²) in [6, 6.07) is 19.2. The summed E-state index contributed by atoms with van der Waals surface area (Å²) in [5, 5.41) is 5.58. The molecule has 0 saturated carbocycles. The number of carbonyl (C=O) groups is 2. The second kappa shape index (κ2) is 11.6. The van der Waals surface area contributed by atoms with Gasteiger partial charge in [0.2, 0.25) is 5.43 Å². The van der Waals surface area contributed by atoms with Crippen molar-refractivity contribution < 1.29 is 18.7 Å². The van der Waals surface area contributed by atoms with Crippen LogP contribution in [0.15, 0.2) is 96.2 Å². The van der Waals surface area contributed by atoms with E-state index < -0.39 is 17.2 Å². The van der Waals surface area contributed by atoms with Crippen LogP contribution < -0.4 is 20.8 Å². The van der Waals surface area contributed by atoms with Crippen LogP contribution in [-0.4, -0.2) is 32.9 Å². The number of anilines is 1. The molecule has 10 heteroatoms. The molecule has 5 rings (SSSR count). The fraction of sp³-hybridized carbons (Fsp3) is 0.100. The summed E-state index contributed by atoms with van der Waals surface area (Å²) >= 11 is 0. The van der Waals surface area contributed by atoms with E-state index in [9.17, 15) is 18.8 Å². The highest BCUT2D eigenvalue weighted by Gasteiger charge is 2.18. The lowest BCUT2D eigenvalue weighted by Crippen LogP contribution is -2.24. The molecule has 2 aromatic carbocycles. The van der Waals surface area contributed by atoms with Crippen molar-refractivity contribution in [1.29, 1.82) is 0 Å². The fourth-order valence-corrected chi connectivity index (χ4v) is 4.02. The van der Waals surface area contributed by atoms with E-state index in [0.717, 1.165) is 18.2 Å². The zero-order valence-corrected chi connectivity index (χ0v) is 21.4. The molecular weight excluding hydrogens is 513 g/mol. The van der Waals surface area contributed by atoms with Gasteiger partial charge in [-0.3, -0.25) is 19.4 Å². The molecule has 0 aliphatic heterocycles. The first-order valence-corrected chi connectivity index (χ1v) is 12.5. The van der Waals surface area contributed by atoms with E-state index in [4.69, 9.17) is 4.74 Å². The first kappa shape index (κ1) is 26.2. The number of halogens is 1. The highest BCUT2D eigenvalue weighted by atomic mass is 19.1. The van der Waals surface area contributed by atoms with Gasteiger partial charge in [-0.15, -0.1) is 0 Å². The second-order valence-corrected chi connectivity index (χ2v) is 8.79. The summed E-state index contributed by atoms with van der Waals surface area (Å²) < 4.78 is 22.2. The van der Waals surface area contributed by atoms with Gasteiger partial charge in [0.25, 0.3) is 11.8 Å². The molecular formula is C30H24FN5O4. The number of aromatic nitrogens is 3. The van der Waals surface area contributed by atoms with Crippen LogP contribution in [0.1, 0.15) is 34.2 Å². The largest absolute Gasteiger partial charge is 0.454 e. The Hall–Kier alpha value is -5.38. The number of pyridine rings is 3. The van der Waals surface area contributed by atoms with Gasteiger partial charge in [-0.1, -0.05) is 25.1 Å². The van der Waals surface area contributed by atoms with E-state index in [-0.39, 0.29) is 39.7 Å². The maximum absolute atomic E-state index is 14.9. The van der Waals surface area contributed by atoms with Gasteiger partial charge in [0.15, 0.2) is 11.6 Å². The van der Waals surface area contributed by atoms with Crippen LogP contribution in [0.5, 0.6) is 11.5 Å². The van der Waals surface area contributed by atoms with Crippen LogP contribution in [0.2, 0.25) is 0 Å². The number of carbonyl (C=O) groups excluding carboxylic acids is 2. The summed E-state index contributed by atoms with van der Waals surface area (Å²) in [4.78, 5) is 46.9. The van der Waals surface area contributed by atoms with Gasteiger partial charge >= 0.3 is 0 Å². The number of rotatable bonds is 8. The SMILES string of the molecule is CCCNC(=O)c1cc(Oc2ccc(NC(=O)c3cn(-c4ccccc4)c4ncccc4c3=O)cc2F)ccn1. The van der Waals surface area contributed by atoms with Gasteiger partial charge in [-0.25, -0.2) is 9.37 Å². The topological polar surface area (TPSA) is 115 Å². The number of para-hydroxylation sites is 1. The van der Waals surface area contributed by atoms with Crippen molar-refractivity contribution in [2.45, 2.75) is 13.3 Å². The Morgan fingerprint density at radius 1 is 0.950 bits per heavy atom. The third-order valence-electron chi connectivity index (χ3n) is 5.96. The second-order valence-electron chi connectivity index (χ2n) is 8.79. The van der Waals surface area contributed by atoms with E-state index in [2.05, 4.69) is 20.6 Å². The van der Waals surface area contributed by atoms with Gasteiger partial charge in [-0.05, 0) is 48.9 Å². The summed E-state index contributed by atoms with van der Waals surface area (Å²) in [5.74, 6) is -1.71. The van der Waals surface area contributed by atoms with Crippen LogP contribution in [0.4, 0.5) is 10.1 Å². The molecule has 40 heavy (non-hydrogen) atoms. The number of ether oxygens (including phenoxy) is 1. The summed E-state index contributed by atoms with van der Waals surface area (Å²) in [7, 11) is 0. The standard InChI is InChI=1S/C30H24FN5O4/c1-2-13-34-30(39)25-17-21(12-15-32-25)40-26-11-10-19(16-24(26)31)35-29(38)23-18-36(20-7-4-3-5-8-20)28-22(27(23)37)9-6-14-33-28/h3-12,14-18H,2,13H2,1H3,(H,34,39)(H,35,38). The van der Waals surface area contributed by atoms with Crippen molar-refractivity contribution in [3.63, 3.8) is 0 Å². The predicted molar refractivity (Wildman–Crippen MR) is 149 cm³/mol. The molecule has 0 fully saturated rings. The number of amides is 2. The Morgan fingerprint density at radius 3 is 2.55 bits per heavy atom. The molecule has 2 amide bonds. The molecule has 0 atom stereocenters. The molecule has 3 heterocycles. The van der Waals surface area contributed by atoms with Crippen LogP contribution in [0.3, 0.4) is 0 Å². The molecule has 0 radical (unpaired) electrons. The Balaban J connectivity index is 1.38. The highest BCUT2D eigenvalue weighted by molar-refractivity contribution is 6.05. The van der Waals surface area contributed by atoms with Crippen molar-refractivity contribution in [2.24, 2.45) is 0 Å². The number of benzene rings is 2. The summed E-state index contributed by atoms with van der Waals surface area (Å²) in [6.07, 6.45) is 5.16. The van der Waals surface area contributed by atoms with E-state index in [1.165, 1.54) is 36.7 Å². The van der Waals surface area contributed by atoms with Gasteiger partial charge < -0.3 is 19.9 Å². The Bertz CT molecular complexity index is 1770. The third kappa shape index (κ3) is 5.56. The molecule has 0 unspecified atom stereocenters. The molecule has 9 nitrogen and oxygen atoms in total. The van der Waals surface area contributed by atoms with Crippen molar-refractivity contribution in [2.75, 3.05) is 11.9 Å². The summed E-state index contributed by atoms with van der Waals surface area (Å²) in [5.41, 5.74) is 0.767. The smallest absolute Gasteiger partial charge is 0.270 e. The Morgan fingerprint density at radius 2 is 1.77 bits per heavy atom. The van der Waals surface area contributed by atoms with Crippen molar-refractivity contribution in [1.82, 2.24) is 19.9 Å². The zero-order valence-electron chi connectivity index (χ0n) is 21.4. The van der Waals surface area contributed by atoms with Gasteiger partial charge in [0.05, 0.1) is 5.39 Å². The van der Waals surface area contributed by atoms with Crippen molar-refractivity contribution in [3.8, 4) is 17.2 Å². The van der Waals surface area contributed by atoms with Crippen LogP contribution >= 0.6 is 0 Å². The van der Waals surface area contributed by atoms with E-state index >= 15 is 0 Å². The maximum atomic E-state index is 14.9. The number of nitrogens with one attached hydrogen (secondary N) is 2. The van der Waals surface area contributed by atoms with Crippen LogP contribution in [0, 0.1) is 5.82 Å². The minimum absolute atomic E-state index is 0.118. The average Bonchev–Trinajstić information content (AvgIpc) is 2.98. The first-order chi connectivity index (χ1) is 19.4. The minimum Gasteiger partial charge on any atom is -0.454 e. The van der Waals surface area contributed by atoms with Crippen molar-refractivity contribution in [3.05, 3.63) is 119 Å². The number of nitrogens with zero attached hydrogens (tertiary/aromatic N) is 3.